The van der Waals surface area contributed by atoms with E-state index in [4.69, 9.17) is 15.1 Å². The van der Waals surface area contributed by atoms with Gasteiger partial charge in [0, 0.05) is 0 Å². The second-order valence-electron chi connectivity index (χ2n) is 3.81. The predicted molar refractivity (Wildman–Crippen MR) is 64.5 cm³/mol. The van der Waals surface area contributed by atoms with Gasteiger partial charge >= 0.3 is 5.97 Å². The topological polar surface area (TPSA) is 70.3 Å². The molecule has 0 atom stereocenters. The third-order valence-electron chi connectivity index (χ3n) is 2.45. The van der Waals surface area contributed by atoms with Gasteiger partial charge in [-0.05, 0) is 36.4 Å². The van der Waals surface area contributed by atoms with Gasteiger partial charge in [0.1, 0.15) is 5.75 Å². The van der Waals surface area contributed by atoms with E-state index in [2.05, 4.69) is 0 Å². The van der Waals surface area contributed by atoms with Gasteiger partial charge in [-0.15, -0.1) is 0 Å². The van der Waals surface area contributed by atoms with Gasteiger partial charge < -0.3 is 9.84 Å². The van der Waals surface area contributed by atoms with E-state index >= 15 is 0 Å². The fraction of sp³-hybridized carbons (Fsp3) is 0. The van der Waals surface area contributed by atoms with Gasteiger partial charge in [-0.25, -0.2) is 13.6 Å². The fourth-order valence-corrected chi connectivity index (χ4v) is 1.51. The van der Waals surface area contributed by atoms with Crippen molar-refractivity contribution in [3.8, 4) is 17.6 Å². The van der Waals surface area contributed by atoms with Crippen LogP contribution in [0.5, 0.6) is 11.5 Å². The molecule has 0 bridgehead atoms. The van der Waals surface area contributed by atoms with Crippen LogP contribution in [0.2, 0.25) is 0 Å². The summed E-state index contributed by atoms with van der Waals surface area (Å²) in [4.78, 5) is 10.7. The molecular formula is C14H7F2NO3. The molecule has 0 saturated heterocycles. The number of halogens is 2. The van der Waals surface area contributed by atoms with Crippen molar-refractivity contribution in [1.82, 2.24) is 0 Å². The van der Waals surface area contributed by atoms with Crippen LogP contribution < -0.4 is 4.74 Å². The van der Waals surface area contributed by atoms with Crippen molar-refractivity contribution in [3.63, 3.8) is 0 Å². The first-order valence-electron chi connectivity index (χ1n) is 5.41. The van der Waals surface area contributed by atoms with E-state index in [1.165, 1.54) is 24.3 Å². The monoisotopic (exact) mass is 275 g/mol. The molecule has 0 amide bonds. The SMILES string of the molecule is N#Cc1cc(F)c(Oc2ccc(C(=O)O)cc2)c(F)c1. The Bertz CT molecular complexity index is 682. The Balaban J connectivity index is 2.31. The molecule has 6 heteroatoms. The van der Waals surface area contributed by atoms with Gasteiger partial charge in [-0.2, -0.15) is 5.26 Å². The average molecular weight is 275 g/mol. The van der Waals surface area contributed by atoms with E-state index in [0.29, 0.717) is 0 Å². The molecule has 0 saturated carbocycles. The number of hydrogen-bond donors (Lipinski definition) is 1. The third kappa shape index (κ3) is 2.72. The van der Waals surface area contributed by atoms with E-state index in [-0.39, 0.29) is 16.9 Å². The van der Waals surface area contributed by atoms with E-state index in [9.17, 15) is 13.6 Å². The van der Waals surface area contributed by atoms with Crippen molar-refractivity contribution >= 4 is 5.97 Å². The first-order valence-corrected chi connectivity index (χ1v) is 5.41. The summed E-state index contributed by atoms with van der Waals surface area (Å²) in [6.07, 6.45) is 0. The fourth-order valence-electron chi connectivity index (χ4n) is 1.51. The van der Waals surface area contributed by atoms with Crippen LogP contribution in [0.4, 0.5) is 8.78 Å². The van der Waals surface area contributed by atoms with Gasteiger partial charge in [-0.3, -0.25) is 0 Å². The smallest absolute Gasteiger partial charge is 0.335 e. The Labute approximate surface area is 112 Å². The minimum atomic E-state index is -1.12. The van der Waals surface area contributed by atoms with Gasteiger partial charge in [0.05, 0.1) is 17.2 Å². The molecule has 4 nitrogen and oxygen atoms in total. The number of ether oxygens (including phenoxy) is 1. The maximum atomic E-state index is 13.6. The van der Waals surface area contributed by atoms with Crippen LogP contribution in [-0.4, -0.2) is 11.1 Å². The van der Waals surface area contributed by atoms with E-state index in [0.717, 1.165) is 12.1 Å². The summed E-state index contributed by atoms with van der Waals surface area (Å²) in [5, 5.41) is 17.3. The molecule has 1 N–H and O–H groups in total. The predicted octanol–water partition coefficient (Wildman–Crippen LogP) is 3.33. The first-order chi connectivity index (χ1) is 9.51. The highest BCUT2D eigenvalue weighted by atomic mass is 19.1. The third-order valence-corrected chi connectivity index (χ3v) is 2.45. The normalized spacial score (nSPS) is 9.85. The molecule has 2 aromatic carbocycles. The molecule has 0 unspecified atom stereocenters. The molecule has 0 spiro atoms. The number of nitriles is 1. The molecule has 0 aliphatic rings. The van der Waals surface area contributed by atoms with Gasteiger partial charge in [0.2, 0.25) is 0 Å². The number of carbonyl (C=O) groups is 1. The van der Waals surface area contributed by atoms with Crippen molar-refractivity contribution in [2.45, 2.75) is 0 Å². The van der Waals surface area contributed by atoms with Crippen molar-refractivity contribution in [3.05, 3.63) is 59.2 Å². The van der Waals surface area contributed by atoms with Crippen LogP contribution >= 0.6 is 0 Å². The summed E-state index contributed by atoms with van der Waals surface area (Å²) in [6, 6.07) is 8.37. The van der Waals surface area contributed by atoms with Crippen LogP contribution in [0.15, 0.2) is 36.4 Å². The maximum Gasteiger partial charge on any atom is 0.335 e. The summed E-state index contributed by atoms with van der Waals surface area (Å²) in [7, 11) is 0. The van der Waals surface area contributed by atoms with E-state index in [1.54, 1.807) is 6.07 Å². The average Bonchev–Trinajstić information content (AvgIpc) is 2.43. The Morgan fingerprint density at radius 2 is 1.70 bits per heavy atom. The number of carboxylic acids is 1. The number of benzene rings is 2. The number of aromatic carboxylic acids is 1. The van der Waals surface area contributed by atoms with Crippen molar-refractivity contribution < 1.29 is 23.4 Å². The second-order valence-corrected chi connectivity index (χ2v) is 3.81. The van der Waals surface area contributed by atoms with Crippen LogP contribution in [0.1, 0.15) is 15.9 Å². The van der Waals surface area contributed by atoms with Crippen molar-refractivity contribution in [1.29, 1.82) is 5.26 Å². The molecule has 0 aromatic heterocycles. The zero-order valence-electron chi connectivity index (χ0n) is 9.93. The Kier molecular flexibility index (Phi) is 3.62. The summed E-state index contributed by atoms with van der Waals surface area (Å²) in [6.45, 7) is 0. The molecule has 0 aliphatic carbocycles. The number of nitrogens with zero attached hydrogens (tertiary/aromatic N) is 1. The number of rotatable bonds is 3. The zero-order chi connectivity index (χ0) is 14.7. The van der Waals surface area contributed by atoms with Gasteiger partial charge in [0.15, 0.2) is 17.4 Å². The van der Waals surface area contributed by atoms with Crippen LogP contribution in [0, 0.1) is 23.0 Å². The lowest BCUT2D eigenvalue weighted by atomic mass is 10.2. The standard InChI is InChI=1S/C14H7F2NO3/c15-11-5-8(7-17)6-12(16)13(11)20-10-3-1-9(2-4-10)14(18)19/h1-6H,(H,18,19). The van der Waals surface area contributed by atoms with Crippen LogP contribution in [0.3, 0.4) is 0 Å². The highest BCUT2D eigenvalue weighted by Crippen LogP contribution is 2.28. The number of hydrogen-bond acceptors (Lipinski definition) is 3. The molecule has 20 heavy (non-hydrogen) atoms. The molecular weight excluding hydrogens is 268 g/mol. The lowest BCUT2D eigenvalue weighted by molar-refractivity contribution is 0.0697. The zero-order valence-corrected chi connectivity index (χ0v) is 9.93. The first kappa shape index (κ1) is 13.5. The summed E-state index contributed by atoms with van der Waals surface area (Å²) in [5.74, 6) is -3.70. The minimum absolute atomic E-state index is 0.0260. The lowest BCUT2D eigenvalue weighted by Crippen LogP contribution is -1.97. The molecule has 0 radical (unpaired) electrons. The molecule has 2 aromatic rings. The summed E-state index contributed by atoms with van der Waals surface area (Å²) in [5.41, 5.74) is -0.133. The molecule has 2 rings (SSSR count). The molecule has 0 heterocycles. The van der Waals surface area contributed by atoms with Crippen LogP contribution in [0.25, 0.3) is 0 Å². The lowest BCUT2D eigenvalue weighted by Gasteiger charge is -2.08. The Morgan fingerprint density at radius 3 is 2.15 bits per heavy atom. The second kappa shape index (κ2) is 5.36. The summed E-state index contributed by atoms with van der Waals surface area (Å²) < 4.78 is 32.2. The number of carboxylic acid groups (broad SMARTS) is 1. The van der Waals surface area contributed by atoms with E-state index < -0.39 is 23.4 Å². The van der Waals surface area contributed by atoms with Gasteiger partial charge in [-0.1, -0.05) is 0 Å². The Morgan fingerprint density at radius 1 is 1.15 bits per heavy atom. The largest absolute Gasteiger partial charge is 0.478 e. The molecule has 100 valence electrons. The quantitative estimate of drug-likeness (QED) is 0.932. The Hall–Kier alpha value is -2.94. The maximum absolute atomic E-state index is 13.6. The molecule has 0 aliphatic heterocycles. The highest BCUT2D eigenvalue weighted by molar-refractivity contribution is 5.87. The van der Waals surface area contributed by atoms with E-state index in [1.807, 2.05) is 0 Å². The molecule has 0 fully saturated rings. The highest BCUT2D eigenvalue weighted by Gasteiger charge is 2.14. The minimum Gasteiger partial charge on any atom is -0.478 e. The van der Waals surface area contributed by atoms with Gasteiger partial charge in [0.25, 0.3) is 0 Å². The van der Waals surface area contributed by atoms with Crippen molar-refractivity contribution in [2.24, 2.45) is 0 Å². The van der Waals surface area contributed by atoms with Crippen molar-refractivity contribution in [2.75, 3.05) is 0 Å². The van der Waals surface area contributed by atoms with Crippen LogP contribution in [-0.2, 0) is 0 Å². The summed E-state index contributed by atoms with van der Waals surface area (Å²) >= 11 is 0.